The van der Waals surface area contributed by atoms with E-state index in [-0.39, 0.29) is 25.9 Å². The number of unbranched alkanes of at least 4 members (excludes halogenated alkanes) is 11. The van der Waals surface area contributed by atoms with Crippen LogP contribution in [0.3, 0.4) is 0 Å². The first kappa shape index (κ1) is 30.3. The average Bonchev–Trinajstić information content (AvgIpc) is 2.78. The van der Waals surface area contributed by atoms with Gasteiger partial charge in [-0.2, -0.15) is 0 Å². The van der Waals surface area contributed by atoms with Crippen molar-refractivity contribution in [3.8, 4) is 0 Å². The smallest absolute Gasteiger partial charge is 0.314 e. The second-order valence-electron chi connectivity index (χ2n) is 8.20. The van der Waals surface area contributed by atoms with E-state index in [1.165, 1.54) is 44.9 Å². The van der Waals surface area contributed by atoms with Crippen LogP contribution in [-0.4, -0.2) is 47.4 Å². The van der Waals surface area contributed by atoms with Crippen LogP contribution in [0.25, 0.3) is 0 Å². The molecule has 0 spiro atoms. The molecule has 1 atom stereocenters. The highest BCUT2D eigenvalue weighted by molar-refractivity contribution is 5.87. The monoisotopic (exact) mass is 456 g/mol. The van der Waals surface area contributed by atoms with Gasteiger partial charge in [0.1, 0.15) is 12.7 Å². The van der Waals surface area contributed by atoms with Crippen molar-refractivity contribution in [1.29, 1.82) is 0 Å². The molecular formula is C25H44O7. The summed E-state index contributed by atoms with van der Waals surface area (Å²) in [4.78, 5) is 34.6. The molecule has 0 saturated heterocycles. The van der Waals surface area contributed by atoms with Crippen LogP contribution in [0.4, 0.5) is 0 Å². The van der Waals surface area contributed by atoms with E-state index in [9.17, 15) is 14.4 Å². The summed E-state index contributed by atoms with van der Waals surface area (Å²) in [6.07, 6.45) is 18.4. The zero-order valence-corrected chi connectivity index (χ0v) is 19.9. The van der Waals surface area contributed by atoms with Gasteiger partial charge in [-0.1, -0.05) is 70.4 Å². The second kappa shape index (κ2) is 22.5. The van der Waals surface area contributed by atoms with Crippen LogP contribution in [0.1, 0.15) is 110 Å². The van der Waals surface area contributed by atoms with E-state index in [0.29, 0.717) is 6.42 Å². The van der Waals surface area contributed by atoms with Gasteiger partial charge in [0.05, 0.1) is 19.4 Å². The molecule has 7 nitrogen and oxygen atoms in total. The van der Waals surface area contributed by atoms with Crippen molar-refractivity contribution in [2.75, 3.05) is 13.2 Å². The van der Waals surface area contributed by atoms with Crippen LogP contribution in [0, 0.1) is 0 Å². The van der Waals surface area contributed by atoms with Crippen LogP contribution in [0.2, 0.25) is 0 Å². The Morgan fingerprint density at radius 1 is 0.719 bits per heavy atom. The lowest BCUT2D eigenvalue weighted by Crippen LogP contribution is -2.22. The van der Waals surface area contributed by atoms with E-state index < -0.39 is 30.6 Å². The standard InChI is InChI=1S/C25H44O7/c1-2-3-4-5-6-7-8-9-10-11-12-13-14-15-16-17-24(29)32-25(30)19-18-23(28)31-21-22(27)20-26/h9-10,22,26-27H,2-8,11-21H2,1H3/b10-9-. The molecule has 0 aliphatic rings. The molecule has 0 aromatic carbocycles. The Labute approximate surface area is 193 Å². The van der Waals surface area contributed by atoms with Gasteiger partial charge in [-0.25, -0.2) is 0 Å². The van der Waals surface area contributed by atoms with Crippen LogP contribution >= 0.6 is 0 Å². The summed E-state index contributed by atoms with van der Waals surface area (Å²) in [7, 11) is 0. The first-order chi connectivity index (χ1) is 15.5. The van der Waals surface area contributed by atoms with Crippen molar-refractivity contribution in [3.05, 3.63) is 12.2 Å². The van der Waals surface area contributed by atoms with Crippen molar-refractivity contribution in [2.45, 2.75) is 116 Å². The Hall–Kier alpha value is -1.73. The quantitative estimate of drug-likeness (QED) is 0.111. The van der Waals surface area contributed by atoms with Crippen molar-refractivity contribution in [2.24, 2.45) is 0 Å². The van der Waals surface area contributed by atoms with Gasteiger partial charge in [-0.05, 0) is 32.1 Å². The summed E-state index contributed by atoms with van der Waals surface area (Å²) in [5, 5.41) is 17.7. The van der Waals surface area contributed by atoms with Crippen LogP contribution in [-0.2, 0) is 23.9 Å². The third kappa shape index (κ3) is 21.5. The zero-order chi connectivity index (χ0) is 23.9. The van der Waals surface area contributed by atoms with Crippen molar-refractivity contribution in [3.63, 3.8) is 0 Å². The maximum absolute atomic E-state index is 11.7. The van der Waals surface area contributed by atoms with E-state index in [2.05, 4.69) is 28.5 Å². The van der Waals surface area contributed by atoms with Gasteiger partial charge in [0.15, 0.2) is 0 Å². The minimum absolute atomic E-state index is 0.192. The summed E-state index contributed by atoms with van der Waals surface area (Å²) in [5.41, 5.74) is 0. The highest BCUT2D eigenvalue weighted by Gasteiger charge is 2.14. The Morgan fingerprint density at radius 2 is 1.22 bits per heavy atom. The van der Waals surface area contributed by atoms with E-state index in [1.54, 1.807) is 0 Å². The minimum Gasteiger partial charge on any atom is -0.463 e. The summed E-state index contributed by atoms with van der Waals surface area (Å²) in [6.45, 7) is 1.39. The van der Waals surface area contributed by atoms with Crippen molar-refractivity contribution >= 4 is 17.9 Å². The molecule has 0 aromatic rings. The van der Waals surface area contributed by atoms with Gasteiger partial charge >= 0.3 is 17.9 Å². The number of carbonyl (C=O) groups is 3. The van der Waals surface area contributed by atoms with Gasteiger partial charge in [-0.3, -0.25) is 14.4 Å². The van der Waals surface area contributed by atoms with Crippen molar-refractivity contribution in [1.82, 2.24) is 0 Å². The zero-order valence-electron chi connectivity index (χ0n) is 19.9. The fraction of sp³-hybridized carbons (Fsp3) is 0.800. The number of hydrogen-bond donors (Lipinski definition) is 2. The number of aliphatic hydroxyl groups is 2. The lowest BCUT2D eigenvalue weighted by atomic mass is 10.1. The molecule has 0 amide bonds. The Kier molecular flexibility index (Phi) is 21.2. The van der Waals surface area contributed by atoms with Gasteiger partial charge in [0.25, 0.3) is 0 Å². The molecule has 7 heteroatoms. The number of rotatable bonds is 21. The largest absolute Gasteiger partial charge is 0.463 e. The lowest BCUT2D eigenvalue weighted by molar-refractivity contribution is -0.162. The van der Waals surface area contributed by atoms with E-state index in [4.69, 9.17) is 10.2 Å². The molecule has 0 radical (unpaired) electrons. The first-order valence-corrected chi connectivity index (χ1v) is 12.3. The molecule has 0 aliphatic carbocycles. The maximum atomic E-state index is 11.7. The average molecular weight is 457 g/mol. The minimum atomic E-state index is -1.14. The molecular weight excluding hydrogens is 412 g/mol. The molecule has 0 rings (SSSR count). The van der Waals surface area contributed by atoms with Crippen LogP contribution < -0.4 is 0 Å². The molecule has 186 valence electrons. The topological polar surface area (TPSA) is 110 Å². The molecule has 0 heterocycles. The van der Waals surface area contributed by atoms with Gasteiger partial charge in [0.2, 0.25) is 0 Å². The molecule has 1 unspecified atom stereocenters. The predicted molar refractivity (Wildman–Crippen MR) is 124 cm³/mol. The number of ether oxygens (including phenoxy) is 2. The maximum Gasteiger partial charge on any atom is 0.314 e. The SMILES string of the molecule is CCCCCCCC/C=C\CCCCCCCC(=O)OC(=O)CCC(=O)OCC(O)CO. The van der Waals surface area contributed by atoms with Crippen LogP contribution in [0.15, 0.2) is 12.2 Å². The number of hydrogen-bond acceptors (Lipinski definition) is 7. The normalized spacial score (nSPS) is 12.1. The molecule has 0 fully saturated rings. The molecule has 0 aromatic heterocycles. The number of aliphatic hydroxyl groups excluding tert-OH is 2. The molecule has 0 saturated carbocycles. The Bertz CT molecular complexity index is 516. The molecule has 0 aliphatic heterocycles. The van der Waals surface area contributed by atoms with Gasteiger partial charge in [0, 0.05) is 6.42 Å². The third-order valence-electron chi connectivity index (χ3n) is 5.05. The summed E-state index contributed by atoms with van der Waals surface area (Å²) >= 11 is 0. The van der Waals surface area contributed by atoms with E-state index in [1.807, 2.05) is 0 Å². The fourth-order valence-corrected chi connectivity index (χ4v) is 3.09. The highest BCUT2D eigenvalue weighted by atomic mass is 16.6. The molecule has 0 bridgehead atoms. The number of esters is 3. The van der Waals surface area contributed by atoms with E-state index >= 15 is 0 Å². The van der Waals surface area contributed by atoms with Crippen molar-refractivity contribution < 1.29 is 34.1 Å². The van der Waals surface area contributed by atoms with E-state index in [0.717, 1.165) is 32.1 Å². The summed E-state index contributed by atoms with van der Waals surface area (Å²) < 4.78 is 9.35. The predicted octanol–water partition coefficient (Wildman–Crippen LogP) is 4.77. The van der Waals surface area contributed by atoms with Crippen LogP contribution in [0.5, 0.6) is 0 Å². The molecule has 32 heavy (non-hydrogen) atoms. The number of carbonyl (C=O) groups excluding carboxylic acids is 3. The third-order valence-corrected chi connectivity index (χ3v) is 5.05. The Balaban J connectivity index is 3.49. The van der Waals surface area contributed by atoms with Gasteiger partial charge in [-0.15, -0.1) is 0 Å². The highest BCUT2D eigenvalue weighted by Crippen LogP contribution is 2.10. The number of allylic oxidation sites excluding steroid dienone is 2. The second-order valence-corrected chi connectivity index (χ2v) is 8.20. The molecule has 2 N–H and O–H groups in total. The first-order valence-electron chi connectivity index (χ1n) is 12.3. The summed E-state index contributed by atoms with van der Waals surface area (Å²) in [5.74, 6) is -2.03. The fourth-order valence-electron chi connectivity index (χ4n) is 3.09. The Morgan fingerprint density at radius 3 is 1.81 bits per heavy atom. The van der Waals surface area contributed by atoms with Gasteiger partial charge < -0.3 is 19.7 Å². The summed E-state index contributed by atoms with van der Waals surface area (Å²) in [6, 6.07) is 0. The lowest BCUT2D eigenvalue weighted by Gasteiger charge is -2.08.